The third-order valence-corrected chi connectivity index (χ3v) is 5.83. The van der Waals surface area contributed by atoms with Gasteiger partial charge in [-0.2, -0.15) is 18.2 Å². The molecule has 36 heavy (non-hydrogen) atoms. The number of fused-ring (bicyclic) bond motifs is 1. The molecule has 0 aliphatic heterocycles. The van der Waals surface area contributed by atoms with Gasteiger partial charge in [0, 0.05) is 24.2 Å². The zero-order valence-corrected chi connectivity index (χ0v) is 19.1. The summed E-state index contributed by atoms with van der Waals surface area (Å²) in [7, 11) is 1.52. The molecule has 5 rings (SSSR count). The van der Waals surface area contributed by atoms with Gasteiger partial charge in [-0.1, -0.05) is 47.6 Å². The average molecular weight is 491 g/mol. The number of rotatable bonds is 6. The molecule has 2 heterocycles. The van der Waals surface area contributed by atoms with Crippen molar-refractivity contribution in [3.05, 3.63) is 112 Å². The smallest absolute Gasteiger partial charge is 0.416 e. The molecule has 6 nitrogen and oxygen atoms in total. The Balaban J connectivity index is 1.57. The van der Waals surface area contributed by atoms with Gasteiger partial charge in [-0.15, -0.1) is 0 Å². The Bertz CT molecular complexity index is 1570. The summed E-state index contributed by atoms with van der Waals surface area (Å²) >= 11 is 0. The maximum Gasteiger partial charge on any atom is 0.416 e. The van der Waals surface area contributed by atoms with Crippen molar-refractivity contribution >= 4 is 10.9 Å². The number of aromatic nitrogens is 3. The molecule has 0 spiro atoms. The number of nitrogens with zero attached hydrogens (tertiary/aromatic N) is 3. The van der Waals surface area contributed by atoms with Crippen molar-refractivity contribution in [3.8, 4) is 17.1 Å². The fraction of sp³-hybridized carbons (Fsp3) is 0.148. The second-order valence-electron chi connectivity index (χ2n) is 8.25. The number of ether oxygens (including phenoxy) is 1. The average Bonchev–Trinajstić information content (AvgIpc) is 3.34. The van der Waals surface area contributed by atoms with Crippen LogP contribution in [0.5, 0.6) is 5.75 Å². The van der Waals surface area contributed by atoms with E-state index in [1.807, 2.05) is 30.3 Å². The topological polar surface area (TPSA) is 70.2 Å². The van der Waals surface area contributed by atoms with Crippen molar-refractivity contribution in [2.75, 3.05) is 7.11 Å². The van der Waals surface area contributed by atoms with Crippen LogP contribution in [0.1, 0.15) is 22.6 Å². The largest absolute Gasteiger partial charge is 0.497 e. The highest BCUT2D eigenvalue weighted by atomic mass is 19.4. The van der Waals surface area contributed by atoms with Crippen LogP contribution >= 0.6 is 0 Å². The van der Waals surface area contributed by atoms with E-state index < -0.39 is 11.7 Å². The van der Waals surface area contributed by atoms with Crippen LogP contribution in [-0.2, 0) is 19.1 Å². The van der Waals surface area contributed by atoms with Crippen molar-refractivity contribution in [2.24, 2.45) is 0 Å². The Morgan fingerprint density at radius 3 is 2.42 bits per heavy atom. The fourth-order valence-electron chi connectivity index (χ4n) is 3.99. The van der Waals surface area contributed by atoms with Crippen LogP contribution in [0.3, 0.4) is 0 Å². The predicted molar refractivity (Wildman–Crippen MR) is 128 cm³/mol. The SMILES string of the molecule is COc1ccc2c(=O)c(-c3noc(Cc4ccccc4)n3)cn(Cc3ccc(C(F)(F)F)cc3)c2c1. The van der Waals surface area contributed by atoms with Gasteiger partial charge in [0.15, 0.2) is 0 Å². The highest BCUT2D eigenvalue weighted by Crippen LogP contribution is 2.29. The van der Waals surface area contributed by atoms with Gasteiger partial charge in [0.05, 0.1) is 30.2 Å². The molecule has 0 amide bonds. The lowest BCUT2D eigenvalue weighted by molar-refractivity contribution is -0.137. The summed E-state index contributed by atoms with van der Waals surface area (Å²) < 4.78 is 51.4. The molecule has 3 aromatic carbocycles. The fourth-order valence-corrected chi connectivity index (χ4v) is 3.99. The number of benzene rings is 3. The zero-order valence-electron chi connectivity index (χ0n) is 19.1. The van der Waals surface area contributed by atoms with Gasteiger partial charge >= 0.3 is 6.18 Å². The second-order valence-corrected chi connectivity index (χ2v) is 8.25. The minimum absolute atomic E-state index is 0.143. The summed E-state index contributed by atoms with van der Waals surface area (Å²) in [6, 6.07) is 19.5. The predicted octanol–water partition coefficient (Wildman–Crippen LogP) is 5.72. The molecule has 2 aromatic heterocycles. The van der Waals surface area contributed by atoms with Crippen molar-refractivity contribution in [1.82, 2.24) is 14.7 Å². The highest BCUT2D eigenvalue weighted by Gasteiger charge is 2.30. The molecule has 0 atom stereocenters. The summed E-state index contributed by atoms with van der Waals surface area (Å²) in [6.07, 6.45) is -2.41. The molecule has 0 unspecified atom stereocenters. The van der Waals surface area contributed by atoms with E-state index in [0.717, 1.165) is 17.7 Å². The van der Waals surface area contributed by atoms with E-state index in [0.29, 0.717) is 34.5 Å². The minimum atomic E-state index is -4.42. The molecule has 0 fully saturated rings. The van der Waals surface area contributed by atoms with Crippen LogP contribution in [0.2, 0.25) is 0 Å². The lowest BCUT2D eigenvalue weighted by atomic mass is 10.1. The monoisotopic (exact) mass is 491 g/mol. The van der Waals surface area contributed by atoms with E-state index in [-0.39, 0.29) is 23.4 Å². The Morgan fingerprint density at radius 1 is 0.972 bits per heavy atom. The number of halogens is 3. The second kappa shape index (κ2) is 9.33. The lowest BCUT2D eigenvalue weighted by Crippen LogP contribution is -2.14. The van der Waals surface area contributed by atoms with Gasteiger partial charge in [-0.05, 0) is 35.4 Å². The van der Waals surface area contributed by atoms with Crippen LogP contribution in [0.25, 0.3) is 22.3 Å². The summed E-state index contributed by atoms with van der Waals surface area (Å²) in [5.74, 6) is 1.05. The molecule has 182 valence electrons. The molecule has 0 radical (unpaired) electrons. The first-order valence-electron chi connectivity index (χ1n) is 11.1. The molecular weight excluding hydrogens is 471 g/mol. The van der Waals surface area contributed by atoms with Gasteiger partial charge in [0.1, 0.15) is 5.75 Å². The number of hydrogen-bond acceptors (Lipinski definition) is 5. The molecule has 0 bridgehead atoms. The van der Waals surface area contributed by atoms with E-state index in [9.17, 15) is 18.0 Å². The number of pyridine rings is 1. The van der Waals surface area contributed by atoms with Gasteiger partial charge in [-0.25, -0.2) is 0 Å². The normalized spacial score (nSPS) is 11.7. The molecule has 0 saturated heterocycles. The molecule has 0 aliphatic rings. The van der Waals surface area contributed by atoms with Crippen LogP contribution in [0.4, 0.5) is 13.2 Å². The van der Waals surface area contributed by atoms with Gasteiger partial charge < -0.3 is 13.8 Å². The van der Waals surface area contributed by atoms with Crippen LogP contribution in [0, 0.1) is 0 Å². The van der Waals surface area contributed by atoms with Gasteiger partial charge in [0.25, 0.3) is 0 Å². The maximum absolute atomic E-state index is 13.4. The van der Waals surface area contributed by atoms with E-state index in [1.54, 1.807) is 29.0 Å². The highest BCUT2D eigenvalue weighted by molar-refractivity contribution is 5.84. The van der Waals surface area contributed by atoms with E-state index in [1.165, 1.54) is 19.2 Å². The van der Waals surface area contributed by atoms with Crippen LogP contribution < -0.4 is 10.2 Å². The Morgan fingerprint density at radius 2 is 1.72 bits per heavy atom. The zero-order chi connectivity index (χ0) is 25.3. The molecule has 0 N–H and O–H groups in total. The van der Waals surface area contributed by atoms with E-state index in [2.05, 4.69) is 10.1 Å². The quantitative estimate of drug-likeness (QED) is 0.304. The summed E-state index contributed by atoms with van der Waals surface area (Å²) in [5.41, 5.74) is 1.38. The van der Waals surface area contributed by atoms with E-state index >= 15 is 0 Å². The third kappa shape index (κ3) is 4.72. The van der Waals surface area contributed by atoms with Gasteiger partial charge in [0.2, 0.25) is 17.1 Å². The Labute approximate surface area is 203 Å². The van der Waals surface area contributed by atoms with Crippen molar-refractivity contribution in [2.45, 2.75) is 19.1 Å². The minimum Gasteiger partial charge on any atom is -0.497 e. The lowest BCUT2D eigenvalue weighted by Gasteiger charge is -2.14. The number of hydrogen-bond donors (Lipinski definition) is 0. The maximum atomic E-state index is 13.4. The van der Waals surface area contributed by atoms with Gasteiger partial charge in [-0.3, -0.25) is 4.79 Å². The van der Waals surface area contributed by atoms with Crippen molar-refractivity contribution < 1.29 is 22.4 Å². The first-order chi connectivity index (χ1) is 17.3. The summed E-state index contributed by atoms with van der Waals surface area (Å²) in [4.78, 5) is 17.8. The summed E-state index contributed by atoms with van der Waals surface area (Å²) in [5, 5.41) is 4.42. The number of methoxy groups -OCH3 is 1. The molecule has 0 saturated carbocycles. The Kier molecular flexibility index (Phi) is 6.05. The van der Waals surface area contributed by atoms with Crippen molar-refractivity contribution in [1.29, 1.82) is 0 Å². The third-order valence-electron chi connectivity index (χ3n) is 5.83. The first kappa shape index (κ1) is 23.3. The molecule has 9 heteroatoms. The molecule has 0 aliphatic carbocycles. The molecular formula is C27H20F3N3O3. The van der Waals surface area contributed by atoms with Crippen LogP contribution in [-0.4, -0.2) is 21.8 Å². The number of alkyl halides is 3. The Hall–Kier alpha value is -4.40. The first-order valence-corrected chi connectivity index (χ1v) is 11.1. The van der Waals surface area contributed by atoms with Crippen molar-refractivity contribution in [3.63, 3.8) is 0 Å². The standard InChI is InChI=1S/C27H20F3N3O3/c1-35-20-11-12-21-23(14-20)33(15-18-7-9-19(10-8-18)27(28,29)30)16-22(25(21)34)26-31-24(36-32-26)13-17-5-3-2-4-6-17/h2-12,14,16H,13,15H2,1H3. The van der Waals surface area contributed by atoms with E-state index in [4.69, 9.17) is 9.26 Å². The van der Waals surface area contributed by atoms with Crippen LogP contribution in [0.15, 0.2) is 88.3 Å². The summed E-state index contributed by atoms with van der Waals surface area (Å²) in [6.45, 7) is 0.212. The molecule has 5 aromatic rings.